The van der Waals surface area contributed by atoms with Gasteiger partial charge in [0.25, 0.3) is 0 Å². The average Bonchev–Trinajstić information content (AvgIpc) is 2.50. The molecule has 2 atom stereocenters. The van der Waals surface area contributed by atoms with Crippen LogP contribution in [0.3, 0.4) is 0 Å². The third kappa shape index (κ3) is 1.78. The van der Waals surface area contributed by atoms with E-state index in [4.69, 9.17) is 0 Å². The van der Waals surface area contributed by atoms with Gasteiger partial charge in [0, 0.05) is 6.04 Å². The summed E-state index contributed by atoms with van der Waals surface area (Å²) in [6.45, 7) is 4.35. The number of nitrogens with one attached hydrogen (secondary N) is 2. The Hall–Kier alpha value is -0.570. The van der Waals surface area contributed by atoms with Gasteiger partial charge in [0.2, 0.25) is 5.91 Å². The van der Waals surface area contributed by atoms with Crippen molar-refractivity contribution in [2.24, 2.45) is 17.8 Å². The molecule has 1 amide bonds. The van der Waals surface area contributed by atoms with Gasteiger partial charge in [-0.25, -0.2) is 5.43 Å². The molecule has 1 saturated heterocycles. The molecule has 2 aliphatic rings. The van der Waals surface area contributed by atoms with Crippen LogP contribution in [-0.2, 0) is 4.79 Å². The van der Waals surface area contributed by atoms with Crippen LogP contribution >= 0.6 is 0 Å². The lowest BCUT2D eigenvalue weighted by molar-refractivity contribution is -0.122. The Labute approximate surface area is 85.6 Å². The van der Waals surface area contributed by atoms with E-state index in [9.17, 15) is 4.79 Å². The minimum atomic E-state index is 0.147. The van der Waals surface area contributed by atoms with E-state index in [1.807, 2.05) is 6.92 Å². The predicted octanol–water partition coefficient (Wildman–Crippen LogP) is 1.45. The van der Waals surface area contributed by atoms with Crippen molar-refractivity contribution in [1.82, 2.24) is 10.9 Å². The SMILES string of the molecule is CC1CCC(C2NNC(=O)C2C)CC1. The Morgan fingerprint density at radius 3 is 2.29 bits per heavy atom. The van der Waals surface area contributed by atoms with E-state index >= 15 is 0 Å². The number of rotatable bonds is 1. The molecule has 0 aromatic heterocycles. The van der Waals surface area contributed by atoms with Crippen molar-refractivity contribution < 1.29 is 4.79 Å². The zero-order valence-corrected chi connectivity index (χ0v) is 9.05. The zero-order chi connectivity index (χ0) is 10.1. The molecule has 2 fully saturated rings. The molecule has 80 valence electrons. The third-order valence-corrected chi connectivity index (χ3v) is 3.88. The Morgan fingerprint density at radius 2 is 1.79 bits per heavy atom. The van der Waals surface area contributed by atoms with E-state index in [2.05, 4.69) is 17.8 Å². The molecular weight excluding hydrogens is 176 g/mol. The Balaban J connectivity index is 1.92. The first-order valence-electron chi connectivity index (χ1n) is 5.74. The predicted molar refractivity (Wildman–Crippen MR) is 55.4 cm³/mol. The highest BCUT2D eigenvalue weighted by molar-refractivity contribution is 5.80. The number of amides is 1. The molecule has 2 rings (SSSR count). The number of carbonyl (C=O) groups is 1. The first-order valence-corrected chi connectivity index (χ1v) is 5.74. The summed E-state index contributed by atoms with van der Waals surface area (Å²) >= 11 is 0. The highest BCUT2D eigenvalue weighted by Gasteiger charge is 2.37. The molecular formula is C11H20N2O. The standard InChI is InChI=1S/C11H20N2O/c1-7-3-5-9(6-4-7)10-8(2)11(14)13-12-10/h7-10,12H,3-6H2,1-2H3,(H,13,14). The van der Waals surface area contributed by atoms with Gasteiger partial charge in [0.1, 0.15) is 0 Å². The number of carbonyl (C=O) groups excluding carboxylic acids is 1. The van der Waals surface area contributed by atoms with Crippen molar-refractivity contribution in [3.05, 3.63) is 0 Å². The molecule has 2 N–H and O–H groups in total. The third-order valence-electron chi connectivity index (χ3n) is 3.88. The Morgan fingerprint density at radius 1 is 1.14 bits per heavy atom. The van der Waals surface area contributed by atoms with E-state index < -0.39 is 0 Å². The van der Waals surface area contributed by atoms with Crippen LogP contribution in [0.2, 0.25) is 0 Å². The minimum absolute atomic E-state index is 0.147. The van der Waals surface area contributed by atoms with E-state index in [1.165, 1.54) is 25.7 Å². The largest absolute Gasteiger partial charge is 0.291 e. The van der Waals surface area contributed by atoms with Gasteiger partial charge in [0.05, 0.1) is 5.92 Å². The molecule has 0 spiro atoms. The molecule has 0 aromatic rings. The van der Waals surface area contributed by atoms with Crippen LogP contribution in [-0.4, -0.2) is 11.9 Å². The van der Waals surface area contributed by atoms with Crippen molar-refractivity contribution in [2.45, 2.75) is 45.6 Å². The van der Waals surface area contributed by atoms with Gasteiger partial charge in [0.15, 0.2) is 0 Å². The molecule has 1 aliphatic heterocycles. The van der Waals surface area contributed by atoms with Crippen LogP contribution in [0, 0.1) is 17.8 Å². The van der Waals surface area contributed by atoms with E-state index in [1.54, 1.807) is 0 Å². The normalized spacial score (nSPS) is 43.7. The second-order valence-electron chi connectivity index (χ2n) is 4.97. The highest BCUT2D eigenvalue weighted by Crippen LogP contribution is 2.33. The smallest absolute Gasteiger partial charge is 0.238 e. The van der Waals surface area contributed by atoms with Crippen molar-refractivity contribution in [3.63, 3.8) is 0 Å². The van der Waals surface area contributed by atoms with Crippen molar-refractivity contribution >= 4 is 5.91 Å². The highest BCUT2D eigenvalue weighted by atomic mass is 16.2. The number of hydrogen-bond acceptors (Lipinski definition) is 2. The molecule has 2 unspecified atom stereocenters. The fourth-order valence-corrected chi connectivity index (χ4v) is 2.73. The summed E-state index contributed by atoms with van der Waals surface area (Å²) in [5.74, 6) is 1.88. The van der Waals surface area contributed by atoms with Gasteiger partial charge in [-0.05, 0) is 24.7 Å². The average molecular weight is 196 g/mol. The molecule has 3 heteroatoms. The summed E-state index contributed by atoms with van der Waals surface area (Å²) in [6, 6.07) is 0.370. The molecule has 1 heterocycles. The summed E-state index contributed by atoms with van der Waals surface area (Å²) in [5, 5.41) is 0. The summed E-state index contributed by atoms with van der Waals surface area (Å²) < 4.78 is 0. The fourth-order valence-electron chi connectivity index (χ4n) is 2.73. The molecule has 14 heavy (non-hydrogen) atoms. The first-order chi connectivity index (χ1) is 6.68. The maximum Gasteiger partial charge on any atom is 0.238 e. The maximum atomic E-state index is 11.3. The van der Waals surface area contributed by atoms with Crippen LogP contribution in [0.5, 0.6) is 0 Å². The fraction of sp³-hybridized carbons (Fsp3) is 0.909. The van der Waals surface area contributed by atoms with E-state index in [-0.39, 0.29) is 11.8 Å². The van der Waals surface area contributed by atoms with Gasteiger partial charge in [-0.15, -0.1) is 0 Å². The molecule has 1 aliphatic carbocycles. The van der Waals surface area contributed by atoms with Gasteiger partial charge < -0.3 is 0 Å². The summed E-state index contributed by atoms with van der Waals surface area (Å²) in [6.07, 6.45) is 5.20. The van der Waals surface area contributed by atoms with Crippen LogP contribution in [0.1, 0.15) is 39.5 Å². The lowest BCUT2D eigenvalue weighted by atomic mass is 9.76. The Kier molecular flexibility index (Phi) is 2.77. The number of hydrogen-bond donors (Lipinski definition) is 2. The second kappa shape index (κ2) is 3.89. The summed E-state index contributed by atoms with van der Waals surface area (Å²) in [5.41, 5.74) is 5.88. The quantitative estimate of drug-likeness (QED) is 0.666. The molecule has 3 nitrogen and oxygen atoms in total. The topological polar surface area (TPSA) is 41.1 Å². The lowest BCUT2D eigenvalue weighted by Gasteiger charge is -2.31. The molecule has 0 bridgehead atoms. The van der Waals surface area contributed by atoms with Crippen LogP contribution < -0.4 is 10.9 Å². The van der Waals surface area contributed by atoms with Crippen LogP contribution in [0.15, 0.2) is 0 Å². The van der Waals surface area contributed by atoms with E-state index in [0.29, 0.717) is 12.0 Å². The van der Waals surface area contributed by atoms with Crippen molar-refractivity contribution in [3.8, 4) is 0 Å². The molecule has 0 radical (unpaired) electrons. The summed E-state index contributed by atoms with van der Waals surface area (Å²) in [7, 11) is 0. The van der Waals surface area contributed by atoms with Gasteiger partial charge in [-0.2, -0.15) is 0 Å². The minimum Gasteiger partial charge on any atom is -0.291 e. The maximum absolute atomic E-state index is 11.3. The second-order valence-corrected chi connectivity index (χ2v) is 4.97. The summed E-state index contributed by atoms with van der Waals surface area (Å²) in [4.78, 5) is 11.3. The van der Waals surface area contributed by atoms with Crippen LogP contribution in [0.25, 0.3) is 0 Å². The van der Waals surface area contributed by atoms with Gasteiger partial charge in [-0.1, -0.05) is 26.7 Å². The van der Waals surface area contributed by atoms with Crippen molar-refractivity contribution in [2.75, 3.05) is 0 Å². The number of hydrazine groups is 1. The Bertz CT molecular complexity index is 221. The monoisotopic (exact) mass is 196 g/mol. The van der Waals surface area contributed by atoms with Crippen LogP contribution in [0.4, 0.5) is 0 Å². The van der Waals surface area contributed by atoms with Crippen molar-refractivity contribution in [1.29, 1.82) is 0 Å². The molecule has 0 aromatic carbocycles. The zero-order valence-electron chi connectivity index (χ0n) is 9.05. The lowest BCUT2D eigenvalue weighted by Crippen LogP contribution is -2.39. The van der Waals surface area contributed by atoms with Gasteiger partial charge in [-0.3, -0.25) is 10.2 Å². The molecule has 1 saturated carbocycles. The van der Waals surface area contributed by atoms with Gasteiger partial charge >= 0.3 is 0 Å². The van der Waals surface area contributed by atoms with E-state index in [0.717, 1.165) is 5.92 Å². The first kappa shape index (κ1) is 9.97.